The molecule has 0 aliphatic heterocycles. The van der Waals surface area contributed by atoms with Crippen LogP contribution in [0.15, 0.2) is 54.7 Å². The number of hydrogen-bond donors (Lipinski definition) is 0. The van der Waals surface area contributed by atoms with E-state index in [2.05, 4.69) is 4.98 Å². The maximum absolute atomic E-state index is 11.7. The molecule has 0 aliphatic rings. The second-order valence-electron chi connectivity index (χ2n) is 4.30. The Labute approximate surface area is 113 Å². The average molecular weight is 255 g/mol. The van der Waals surface area contributed by atoms with E-state index < -0.39 is 0 Å². The van der Waals surface area contributed by atoms with Gasteiger partial charge < -0.3 is 4.74 Å². The zero-order valence-electron chi connectivity index (χ0n) is 10.8. The Balaban J connectivity index is 1.65. The molecule has 0 radical (unpaired) electrons. The van der Waals surface area contributed by atoms with E-state index in [4.69, 9.17) is 4.74 Å². The lowest BCUT2D eigenvalue weighted by atomic mass is 10.1. The van der Waals surface area contributed by atoms with E-state index in [9.17, 15) is 4.79 Å². The molecule has 2 rings (SSSR count). The summed E-state index contributed by atoms with van der Waals surface area (Å²) in [5.74, 6) is 1.05. The Bertz CT molecular complexity index is 497. The summed E-state index contributed by atoms with van der Waals surface area (Å²) in [7, 11) is 0. The van der Waals surface area contributed by atoms with Crippen molar-refractivity contribution in [3.8, 4) is 5.75 Å². The quantitative estimate of drug-likeness (QED) is 0.714. The van der Waals surface area contributed by atoms with Crippen LogP contribution < -0.4 is 4.74 Å². The highest BCUT2D eigenvalue weighted by Crippen LogP contribution is 2.09. The van der Waals surface area contributed by atoms with Crippen LogP contribution in [0.25, 0.3) is 0 Å². The van der Waals surface area contributed by atoms with Gasteiger partial charge in [0.15, 0.2) is 0 Å². The third-order valence-electron chi connectivity index (χ3n) is 2.72. The maximum atomic E-state index is 11.7. The second kappa shape index (κ2) is 7.31. The lowest BCUT2D eigenvalue weighted by Crippen LogP contribution is -2.07. The second-order valence-corrected chi connectivity index (χ2v) is 4.30. The first-order valence-corrected chi connectivity index (χ1v) is 6.44. The maximum Gasteiger partial charge on any atom is 0.138 e. The summed E-state index contributed by atoms with van der Waals surface area (Å²) in [5, 5.41) is 0. The zero-order valence-corrected chi connectivity index (χ0v) is 10.8. The van der Waals surface area contributed by atoms with Crippen molar-refractivity contribution in [2.75, 3.05) is 6.61 Å². The molecule has 0 N–H and O–H groups in total. The van der Waals surface area contributed by atoms with E-state index in [0.29, 0.717) is 19.4 Å². The molecule has 0 bridgehead atoms. The van der Waals surface area contributed by atoms with Gasteiger partial charge in [-0.2, -0.15) is 0 Å². The van der Waals surface area contributed by atoms with Crippen LogP contribution in [-0.2, 0) is 11.2 Å². The molecule has 0 amide bonds. The predicted molar refractivity (Wildman–Crippen MR) is 74.1 cm³/mol. The highest BCUT2D eigenvalue weighted by Gasteiger charge is 2.04. The van der Waals surface area contributed by atoms with Crippen molar-refractivity contribution in [2.24, 2.45) is 0 Å². The van der Waals surface area contributed by atoms with Crippen molar-refractivity contribution in [1.82, 2.24) is 4.98 Å². The topological polar surface area (TPSA) is 39.2 Å². The molecule has 3 heteroatoms. The summed E-state index contributed by atoms with van der Waals surface area (Å²) in [6, 6.07) is 15.3. The average Bonchev–Trinajstić information content (AvgIpc) is 2.46. The van der Waals surface area contributed by atoms with Crippen molar-refractivity contribution in [1.29, 1.82) is 0 Å². The highest BCUT2D eigenvalue weighted by atomic mass is 16.5. The fourth-order valence-electron chi connectivity index (χ4n) is 1.77. The smallest absolute Gasteiger partial charge is 0.138 e. The van der Waals surface area contributed by atoms with Crippen LogP contribution in [0.3, 0.4) is 0 Å². The monoisotopic (exact) mass is 255 g/mol. The fourth-order valence-corrected chi connectivity index (χ4v) is 1.77. The van der Waals surface area contributed by atoms with Gasteiger partial charge in [-0.1, -0.05) is 24.3 Å². The van der Waals surface area contributed by atoms with Gasteiger partial charge in [0.05, 0.1) is 6.61 Å². The molecule has 1 aromatic heterocycles. The summed E-state index contributed by atoms with van der Waals surface area (Å²) >= 11 is 0. The number of nitrogens with zero attached hydrogens (tertiary/aromatic N) is 1. The number of carbonyl (C=O) groups excluding carboxylic acids is 1. The molecule has 98 valence electrons. The highest BCUT2D eigenvalue weighted by molar-refractivity contribution is 5.80. The van der Waals surface area contributed by atoms with E-state index >= 15 is 0 Å². The molecule has 0 atom stereocenters. The number of pyridine rings is 1. The number of benzene rings is 1. The van der Waals surface area contributed by atoms with E-state index in [0.717, 1.165) is 17.9 Å². The lowest BCUT2D eigenvalue weighted by Gasteiger charge is -2.05. The minimum atomic E-state index is 0.204. The molecule has 1 aromatic carbocycles. The standard InChI is InChI=1S/C16H17NO2/c18-15(13-14-7-4-5-11-17-14)8-6-12-19-16-9-2-1-3-10-16/h1-5,7,9-11H,6,8,12-13H2. The van der Waals surface area contributed by atoms with E-state index in [1.807, 2.05) is 48.5 Å². The normalized spacial score (nSPS) is 10.1. The number of Topliss-reactive ketones (excluding diaryl/α,β-unsaturated/α-hetero) is 1. The van der Waals surface area contributed by atoms with Gasteiger partial charge in [-0.25, -0.2) is 0 Å². The number of carbonyl (C=O) groups is 1. The summed E-state index contributed by atoms with van der Waals surface area (Å²) in [6.07, 6.45) is 3.39. The number of rotatable bonds is 7. The Morgan fingerprint density at radius 3 is 2.58 bits per heavy atom. The van der Waals surface area contributed by atoms with Crippen molar-refractivity contribution >= 4 is 5.78 Å². The van der Waals surface area contributed by atoms with Crippen LogP contribution >= 0.6 is 0 Å². The minimum absolute atomic E-state index is 0.204. The number of aromatic nitrogens is 1. The van der Waals surface area contributed by atoms with E-state index in [1.165, 1.54) is 0 Å². The zero-order chi connectivity index (χ0) is 13.3. The van der Waals surface area contributed by atoms with Crippen LogP contribution in [0, 0.1) is 0 Å². The summed E-state index contributed by atoms with van der Waals surface area (Å²) in [5.41, 5.74) is 0.830. The molecule has 0 aliphatic carbocycles. The molecule has 3 nitrogen and oxygen atoms in total. The lowest BCUT2D eigenvalue weighted by molar-refractivity contribution is -0.118. The molecule has 19 heavy (non-hydrogen) atoms. The van der Waals surface area contributed by atoms with Gasteiger partial charge in [0.25, 0.3) is 0 Å². The number of ether oxygens (including phenoxy) is 1. The van der Waals surface area contributed by atoms with E-state index in [-0.39, 0.29) is 5.78 Å². The number of ketones is 1. The van der Waals surface area contributed by atoms with Crippen molar-refractivity contribution in [2.45, 2.75) is 19.3 Å². The van der Waals surface area contributed by atoms with Crippen LogP contribution in [0.4, 0.5) is 0 Å². The van der Waals surface area contributed by atoms with Gasteiger partial charge in [-0.05, 0) is 30.7 Å². The number of para-hydroxylation sites is 1. The molecular weight excluding hydrogens is 238 g/mol. The van der Waals surface area contributed by atoms with Gasteiger partial charge >= 0.3 is 0 Å². The molecule has 0 unspecified atom stereocenters. The SMILES string of the molecule is O=C(CCCOc1ccccc1)Cc1ccccn1. The van der Waals surface area contributed by atoms with Crippen LogP contribution in [0.2, 0.25) is 0 Å². The first-order chi connectivity index (χ1) is 9.34. The predicted octanol–water partition coefficient (Wildman–Crippen LogP) is 3.05. The molecule has 0 spiro atoms. The third kappa shape index (κ3) is 4.92. The fraction of sp³-hybridized carbons (Fsp3) is 0.250. The molecule has 1 heterocycles. The van der Waals surface area contributed by atoms with Crippen molar-refractivity contribution in [3.05, 3.63) is 60.4 Å². The van der Waals surface area contributed by atoms with Crippen molar-refractivity contribution < 1.29 is 9.53 Å². The molecule has 0 fully saturated rings. The van der Waals surface area contributed by atoms with Gasteiger partial charge in [-0.3, -0.25) is 9.78 Å². The molecule has 0 saturated carbocycles. The first kappa shape index (κ1) is 13.3. The molecular formula is C16H17NO2. The van der Waals surface area contributed by atoms with Crippen LogP contribution in [0.1, 0.15) is 18.5 Å². The van der Waals surface area contributed by atoms with Gasteiger partial charge in [0.2, 0.25) is 0 Å². The summed E-state index contributed by atoms with van der Waals surface area (Å²) in [6.45, 7) is 0.567. The minimum Gasteiger partial charge on any atom is -0.494 e. The summed E-state index contributed by atoms with van der Waals surface area (Å²) in [4.78, 5) is 15.9. The Morgan fingerprint density at radius 2 is 1.84 bits per heavy atom. The van der Waals surface area contributed by atoms with Gasteiger partial charge in [-0.15, -0.1) is 0 Å². The Hall–Kier alpha value is -2.16. The largest absolute Gasteiger partial charge is 0.494 e. The molecule has 0 saturated heterocycles. The Kier molecular flexibility index (Phi) is 5.11. The molecule has 2 aromatic rings. The van der Waals surface area contributed by atoms with Gasteiger partial charge in [0, 0.05) is 24.7 Å². The summed E-state index contributed by atoms with van der Waals surface area (Å²) < 4.78 is 5.54. The van der Waals surface area contributed by atoms with Crippen molar-refractivity contribution in [3.63, 3.8) is 0 Å². The number of hydrogen-bond acceptors (Lipinski definition) is 3. The van der Waals surface area contributed by atoms with Gasteiger partial charge in [0.1, 0.15) is 11.5 Å². The van der Waals surface area contributed by atoms with E-state index in [1.54, 1.807) is 6.20 Å². The Morgan fingerprint density at radius 1 is 1.05 bits per heavy atom. The third-order valence-corrected chi connectivity index (χ3v) is 2.72. The first-order valence-electron chi connectivity index (χ1n) is 6.44. The van der Waals surface area contributed by atoms with Crippen LogP contribution in [0.5, 0.6) is 5.75 Å². The van der Waals surface area contributed by atoms with Crippen LogP contribution in [-0.4, -0.2) is 17.4 Å².